The summed E-state index contributed by atoms with van der Waals surface area (Å²) in [5.41, 5.74) is 0.757. The quantitative estimate of drug-likeness (QED) is 0.0896. The van der Waals surface area contributed by atoms with Gasteiger partial charge in [-0.3, -0.25) is 9.59 Å². The molecule has 0 aromatic heterocycles. The van der Waals surface area contributed by atoms with E-state index in [0.29, 0.717) is 19.0 Å². The van der Waals surface area contributed by atoms with Crippen molar-refractivity contribution < 1.29 is 37.0 Å². The average Bonchev–Trinajstić information content (AvgIpc) is 2.94. The Balaban J connectivity index is 1.81. The van der Waals surface area contributed by atoms with Gasteiger partial charge in [0.2, 0.25) is 0 Å². The summed E-state index contributed by atoms with van der Waals surface area (Å²) in [5.74, 6) is 3.88. The Morgan fingerprint density at radius 1 is 0.900 bits per heavy atom. The fraction of sp³-hybridized carbons (Fsp3) is 0.452. The molecule has 2 aromatic carbocycles. The van der Waals surface area contributed by atoms with Crippen molar-refractivity contribution in [1.29, 1.82) is 0 Å². The molecule has 0 unspecified atom stereocenters. The van der Waals surface area contributed by atoms with Crippen molar-refractivity contribution in [3.63, 3.8) is 0 Å². The first-order valence-electron chi connectivity index (χ1n) is 13.4. The van der Waals surface area contributed by atoms with Gasteiger partial charge in [0.15, 0.2) is 0 Å². The molecule has 0 saturated heterocycles. The molecule has 0 aliphatic heterocycles. The topological polar surface area (TPSA) is 81.7 Å². The standard InChI is InChI=1S/C31H36F3NO5/c1-3-40-30(38)29(37)27-20-26(31(32,33)34)19-18-25(27)22-35-21-24-16-14-23(15-17-24)12-10-8-6-4-5-7-9-11-13-28(36)39-2/h14-20,35H,3-9,11,13,21-22H2,1-2H3. The normalized spacial score (nSPS) is 10.9. The number of benzene rings is 2. The lowest BCUT2D eigenvalue weighted by Crippen LogP contribution is -2.22. The molecular weight excluding hydrogens is 523 g/mol. The van der Waals surface area contributed by atoms with Crippen LogP contribution in [0.15, 0.2) is 42.5 Å². The molecular formula is C31H36F3NO5. The van der Waals surface area contributed by atoms with Gasteiger partial charge >= 0.3 is 18.1 Å². The van der Waals surface area contributed by atoms with Gasteiger partial charge in [-0.1, -0.05) is 55.7 Å². The molecule has 2 rings (SSSR count). The Labute approximate surface area is 233 Å². The smallest absolute Gasteiger partial charge is 0.416 e. The summed E-state index contributed by atoms with van der Waals surface area (Å²) in [6.45, 7) is 1.95. The maximum Gasteiger partial charge on any atom is 0.416 e. The van der Waals surface area contributed by atoms with Gasteiger partial charge in [0.1, 0.15) is 0 Å². The van der Waals surface area contributed by atoms with Crippen molar-refractivity contribution >= 4 is 17.7 Å². The number of Topliss-reactive ketones (excluding diaryl/α,β-unsaturated/α-hetero) is 1. The number of esters is 2. The highest BCUT2D eigenvalue weighted by Gasteiger charge is 2.32. The van der Waals surface area contributed by atoms with Crippen LogP contribution in [-0.4, -0.2) is 31.4 Å². The lowest BCUT2D eigenvalue weighted by atomic mass is 9.99. The van der Waals surface area contributed by atoms with Crippen molar-refractivity contribution in [2.45, 2.75) is 77.6 Å². The van der Waals surface area contributed by atoms with E-state index in [1.54, 1.807) is 0 Å². The predicted octanol–water partition coefficient (Wildman–Crippen LogP) is 6.39. The second-order valence-corrected chi connectivity index (χ2v) is 9.22. The van der Waals surface area contributed by atoms with Crippen LogP contribution in [0.2, 0.25) is 0 Å². The predicted molar refractivity (Wildman–Crippen MR) is 145 cm³/mol. The molecule has 1 N–H and O–H groups in total. The van der Waals surface area contributed by atoms with Crippen LogP contribution in [0.1, 0.15) is 90.9 Å². The van der Waals surface area contributed by atoms with Crippen LogP contribution in [-0.2, 0) is 38.3 Å². The van der Waals surface area contributed by atoms with Gasteiger partial charge in [-0.15, -0.1) is 0 Å². The largest absolute Gasteiger partial charge is 0.469 e. The minimum Gasteiger partial charge on any atom is -0.469 e. The number of methoxy groups -OCH3 is 1. The zero-order valence-electron chi connectivity index (χ0n) is 23.0. The number of nitrogens with one attached hydrogen (secondary N) is 1. The van der Waals surface area contributed by atoms with E-state index in [4.69, 9.17) is 0 Å². The van der Waals surface area contributed by atoms with E-state index >= 15 is 0 Å². The fourth-order valence-corrected chi connectivity index (χ4v) is 3.93. The van der Waals surface area contributed by atoms with Gasteiger partial charge in [0.25, 0.3) is 5.78 Å². The molecule has 2 aromatic rings. The highest BCUT2D eigenvalue weighted by atomic mass is 19.4. The summed E-state index contributed by atoms with van der Waals surface area (Å²) < 4.78 is 48.8. The lowest BCUT2D eigenvalue weighted by Gasteiger charge is -2.13. The maximum absolute atomic E-state index is 13.2. The third-order valence-electron chi connectivity index (χ3n) is 6.13. The Morgan fingerprint density at radius 2 is 1.57 bits per heavy atom. The van der Waals surface area contributed by atoms with Gasteiger partial charge in [0, 0.05) is 37.1 Å². The van der Waals surface area contributed by atoms with E-state index in [2.05, 4.69) is 26.6 Å². The summed E-state index contributed by atoms with van der Waals surface area (Å²) in [7, 11) is 1.41. The summed E-state index contributed by atoms with van der Waals surface area (Å²) in [5, 5.41) is 3.11. The molecule has 0 saturated carbocycles. The van der Waals surface area contributed by atoms with E-state index in [1.165, 1.54) is 20.1 Å². The number of ether oxygens (including phenoxy) is 2. The Hall–Kier alpha value is -3.64. The maximum atomic E-state index is 13.2. The van der Waals surface area contributed by atoms with E-state index in [-0.39, 0.29) is 30.2 Å². The van der Waals surface area contributed by atoms with Crippen molar-refractivity contribution in [1.82, 2.24) is 5.32 Å². The highest BCUT2D eigenvalue weighted by molar-refractivity contribution is 6.41. The Bertz CT molecular complexity index is 1180. The van der Waals surface area contributed by atoms with Crippen LogP contribution < -0.4 is 5.32 Å². The second kappa shape index (κ2) is 17.1. The molecule has 9 heteroatoms. The number of hydrogen-bond donors (Lipinski definition) is 1. The summed E-state index contributed by atoms with van der Waals surface area (Å²) >= 11 is 0. The van der Waals surface area contributed by atoms with Crippen LogP contribution in [0.5, 0.6) is 0 Å². The molecule has 216 valence electrons. The number of alkyl halides is 3. The van der Waals surface area contributed by atoms with Gasteiger partial charge in [-0.05, 0) is 55.2 Å². The molecule has 0 spiro atoms. The number of ketones is 1. The summed E-state index contributed by atoms with van der Waals surface area (Å²) in [6, 6.07) is 10.4. The average molecular weight is 560 g/mol. The van der Waals surface area contributed by atoms with E-state index in [0.717, 1.165) is 62.1 Å². The Morgan fingerprint density at radius 3 is 2.23 bits per heavy atom. The lowest BCUT2D eigenvalue weighted by molar-refractivity contribution is -0.141. The van der Waals surface area contributed by atoms with Crippen molar-refractivity contribution in [2.75, 3.05) is 13.7 Å². The van der Waals surface area contributed by atoms with Crippen molar-refractivity contribution in [3.8, 4) is 11.8 Å². The van der Waals surface area contributed by atoms with Crippen LogP contribution in [0.3, 0.4) is 0 Å². The minimum atomic E-state index is -4.64. The molecule has 0 heterocycles. The number of carbonyl (C=O) groups is 3. The molecule has 0 aliphatic rings. The monoisotopic (exact) mass is 559 g/mol. The molecule has 40 heavy (non-hydrogen) atoms. The van der Waals surface area contributed by atoms with Crippen LogP contribution in [0.4, 0.5) is 13.2 Å². The molecule has 0 atom stereocenters. The molecule has 0 radical (unpaired) electrons. The first-order valence-corrected chi connectivity index (χ1v) is 13.4. The van der Waals surface area contributed by atoms with E-state index in [1.807, 2.05) is 24.3 Å². The second-order valence-electron chi connectivity index (χ2n) is 9.22. The first-order chi connectivity index (χ1) is 19.2. The van der Waals surface area contributed by atoms with E-state index in [9.17, 15) is 27.6 Å². The van der Waals surface area contributed by atoms with E-state index < -0.39 is 23.5 Å². The minimum absolute atomic E-state index is 0.0572. The van der Waals surface area contributed by atoms with Crippen LogP contribution >= 0.6 is 0 Å². The number of hydrogen-bond acceptors (Lipinski definition) is 6. The number of rotatable bonds is 15. The number of carbonyl (C=O) groups excluding carboxylic acids is 3. The van der Waals surface area contributed by atoms with Crippen LogP contribution in [0, 0.1) is 11.8 Å². The third-order valence-corrected chi connectivity index (χ3v) is 6.13. The molecule has 0 bridgehead atoms. The summed E-state index contributed by atoms with van der Waals surface area (Å²) in [4.78, 5) is 35.4. The molecule has 0 aliphatic carbocycles. The zero-order chi connectivity index (χ0) is 29.4. The van der Waals surface area contributed by atoms with Gasteiger partial charge < -0.3 is 14.8 Å². The van der Waals surface area contributed by atoms with Gasteiger partial charge in [-0.25, -0.2) is 4.79 Å². The van der Waals surface area contributed by atoms with Crippen molar-refractivity contribution in [3.05, 3.63) is 70.3 Å². The Kier molecular flexibility index (Phi) is 14.0. The SMILES string of the molecule is CCOC(=O)C(=O)c1cc(C(F)(F)F)ccc1CNCc1ccc(C#CCCCCCCCCC(=O)OC)cc1. The fourth-order valence-electron chi connectivity index (χ4n) is 3.93. The highest BCUT2D eigenvalue weighted by Crippen LogP contribution is 2.31. The molecule has 0 fully saturated rings. The number of halogens is 3. The zero-order valence-corrected chi connectivity index (χ0v) is 23.0. The number of unbranched alkanes of at least 4 members (excludes halogenated alkanes) is 6. The summed E-state index contributed by atoms with van der Waals surface area (Å²) in [6.07, 6.45) is 2.88. The van der Waals surface area contributed by atoms with Crippen LogP contribution in [0.25, 0.3) is 0 Å². The van der Waals surface area contributed by atoms with Crippen molar-refractivity contribution in [2.24, 2.45) is 0 Å². The van der Waals surface area contributed by atoms with Gasteiger partial charge in [0.05, 0.1) is 19.3 Å². The first kappa shape index (κ1) is 32.6. The third kappa shape index (κ3) is 11.6. The van der Waals surface area contributed by atoms with Gasteiger partial charge in [-0.2, -0.15) is 13.2 Å². The molecule has 6 nitrogen and oxygen atoms in total. The molecule has 0 amide bonds.